The minimum Gasteiger partial charge on any atom is -0.481 e. The van der Waals surface area contributed by atoms with Gasteiger partial charge in [-0.15, -0.1) is 0 Å². The molecule has 0 fully saturated rings. The number of carbonyl (C=O) groups is 3. The van der Waals surface area contributed by atoms with E-state index in [0.29, 0.717) is 13.1 Å². The SMILES string of the molecule is CC(=O)O.CC(=O)O.CC(=O)O.NCCNCCN. The molecule has 0 spiro atoms. The quantitative estimate of drug-likeness (QED) is 0.345. The third-order valence-electron chi connectivity index (χ3n) is 0.642. The molecule has 0 unspecified atom stereocenters. The Morgan fingerprint density at radius 1 is 0.789 bits per heavy atom. The van der Waals surface area contributed by atoms with Crippen molar-refractivity contribution in [2.75, 3.05) is 26.2 Å². The second kappa shape index (κ2) is 25.2. The van der Waals surface area contributed by atoms with Crippen LogP contribution in [0.4, 0.5) is 0 Å². The van der Waals surface area contributed by atoms with Gasteiger partial charge in [-0.3, -0.25) is 14.4 Å². The minimum atomic E-state index is -0.833. The van der Waals surface area contributed by atoms with Crippen molar-refractivity contribution >= 4 is 17.9 Å². The maximum absolute atomic E-state index is 9.00. The van der Waals surface area contributed by atoms with Crippen LogP contribution < -0.4 is 16.8 Å². The molecule has 0 aliphatic rings. The van der Waals surface area contributed by atoms with Crippen molar-refractivity contribution in [2.45, 2.75) is 20.8 Å². The summed E-state index contributed by atoms with van der Waals surface area (Å²) in [7, 11) is 0. The van der Waals surface area contributed by atoms with E-state index in [1.54, 1.807) is 0 Å². The molecule has 0 aliphatic heterocycles. The van der Waals surface area contributed by atoms with Crippen LogP contribution in [0, 0.1) is 0 Å². The maximum atomic E-state index is 9.00. The van der Waals surface area contributed by atoms with E-state index in [1.165, 1.54) is 0 Å². The largest absolute Gasteiger partial charge is 0.481 e. The van der Waals surface area contributed by atoms with Gasteiger partial charge >= 0.3 is 0 Å². The van der Waals surface area contributed by atoms with Crippen LogP contribution in [-0.2, 0) is 14.4 Å². The van der Waals surface area contributed by atoms with E-state index in [9.17, 15) is 0 Å². The van der Waals surface area contributed by atoms with E-state index in [4.69, 9.17) is 41.2 Å². The number of nitrogens with two attached hydrogens (primary N) is 2. The molecule has 19 heavy (non-hydrogen) atoms. The normalized spacial score (nSPS) is 7.42. The van der Waals surface area contributed by atoms with Crippen molar-refractivity contribution in [3.8, 4) is 0 Å². The van der Waals surface area contributed by atoms with Crippen molar-refractivity contribution in [1.82, 2.24) is 5.32 Å². The standard InChI is InChI=1S/C4H13N3.3C2H4O2/c5-1-3-7-4-2-6;3*1-2(3)4/h7H,1-6H2;3*1H3,(H,3,4). The van der Waals surface area contributed by atoms with E-state index in [2.05, 4.69) is 5.32 Å². The van der Waals surface area contributed by atoms with E-state index in [1.807, 2.05) is 0 Å². The second-order valence-corrected chi connectivity index (χ2v) is 2.88. The fourth-order valence-corrected chi connectivity index (χ4v) is 0.329. The summed E-state index contributed by atoms with van der Waals surface area (Å²) in [5, 5.41) is 25.3. The van der Waals surface area contributed by atoms with E-state index in [0.717, 1.165) is 33.9 Å². The van der Waals surface area contributed by atoms with Gasteiger partial charge in [-0.25, -0.2) is 0 Å². The lowest BCUT2D eigenvalue weighted by Gasteiger charge is -1.95. The summed E-state index contributed by atoms with van der Waals surface area (Å²) in [4.78, 5) is 27.0. The van der Waals surface area contributed by atoms with Gasteiger partial charge in [0.25, 0.3) is 17.9 Å². The van der Waals surface area contributed by atoms with Gasteiger partial charge < -0.3 is 32.1 Å². The Hall–Kier alpha value is -1.71. The van der Waals surface area contributed by atoms with Crippen molar-refractivity contribution in [3.05, 3.63) is 0 Å². The lowest BCUT2D eigenvalue weighted by Crippen LogP contribution is -2.27. The molecule has 0 saturated carbocycles. The minimum absolute atomic E-state index is 0.694. The van der Waals surface area contributed by atoms with E-state index < -0.39 is 17.9 Å². The number of carboxylic acid groups (broad SMARTS) is 3. The maximum Gasteiger partial charge on any atom is 0.300 e. The van der Waals surface area contributed by atoms with Crippen molar-refractivity contribution in [3.63, 3.8) is 0 Å². The molecule has 0 heterocycles. The third-order valence-corrected chi connectivity index (χ3v) is 0.642. The highest BCUT2D eigenvalue weighted by atomic mass is 16.4. The molecule has 0 radical (unpaired) electrons. The summed E-state index contributed by atoms with van der Waals surface area (Å²) in [5.41, 5.74) is 10.3. The fourth-order valence-electron chi connectivity index (χ4n) is 0.329. The molecule has 0 rings (SSSR count). The molecular weight excluding hydrogens is 258 g/mol. The third kappa shape index (κ3) is 634. The Balaban J connectivity index is -0.0000000825. The second-order valence-electron chi connectivity index (χ2n) is 2.88. The molecule has 0 aromatic rings. The fraction of sp³-hybridized carbons (Fsp3) is 0.700. The number of carboxylic acids is 3. The monoisotopic (exact) mass is 283 g/mol. The summed E-state index contributed by atoms with van der Waals surface area (Å²) in [5.74, 6) is -2.50. The Bertz CT molecular complexity index is 179. The summed E-state index contributed by atoms with van der Waals surface area (Å²) < 4.78 is 0. The van der Waals surface area contributed by atoms with Gasteiger partial charge in [0.2, 0.25) is 0 Å². The zero-order valence-electron chi connectivity index (χ0n) is 11.5. The van der Waals surface area contributed by atoms with Crippen LogP contribution in [0.1, 0.15) is 20.8 Å². The van der Waals surface area contributed by atoms with Gasteiger partial charge in [-0.1, -0.05) is 0 Å². The number of hydrogen-bond acceptors (Lipinski definition) is 6. The first-order chi connectivity index (χ1) is 8.61. The first kappa shape index (κ1) is 26.0. The molecule has 0 aliphatic carbocycles. The van der Waals surface area contributed by atoms with Crippen LogP contribution in [0.15, 0.2) is 0 Å². The smallest absolute Gasteiger partial charge is 0.300 e. The average Bonchev–Trinajstić information content (AvgIpc) is 2.15. The van der Waals surface area contributed by atoms with E-state index >= 15 is 0 Å². The van der Waals surface area contributed by atoms with Crippen LogP contribution >= 0.6 is 0 Å². The summed E-state index contributed by atoms with van der Waals surface area (Å²) >= 11 is 0. The van der Waals surface area contributed by atoms with Crippen molar-refractivity contribution in [1.29, 1.82) is 0 Å². The zero-order chi connectivity index (χ0) is 16.3. The van der Waals surface area contributed by atoms with Gasteiger partial charge in [-0.05, 0) is 0 Å². The Labute approximate surface area is 112 Å². The Kier molecular flexibility index (Phi) is 34.5. The molecule has 0 amide bonds. The first-order valence-electron chi connectivity index (χ1n) is 5.31. The van der Waals surface area contributed by atoms with Crippen LogP contribution in [-0.4, -0.2) is 59.4 Å². The van der Waals surface area contributed by atoms with Crippen LogP contribution in [0.25, 0.3) is 0 Å². The predicted molar refractivity (Wildman–Crippen MR) is 70.9 cm³/mol. The van der Waals surface area contributed by atoms with Crippen LogP contribution in [0.5, 0.6) is 0 Å². The molecule has 9 nitrogen and oxygen atoms in total. The molecule has 9 heteroatoms. The molecular formula is C10H25N3O6. The number of rotatable bonds is 4. The lowest BCUT2D eigenvalue weighted by molar-refractivity contribution is -0.135. The number of hydrogen-bond donors (Lipinski definition) is 6. The van der Waals surface area contributed by atoms with Gasteiger partial charge in [0, 0.05) is 47.0 Å². The molecule has 116 valence electrons. The summed E-state index contributed by atoms with van der Waals surface area (Å²) in [6.07, 6.45) is 0. The first-order valence-corrected chi connectivity index (χ1v) is 5.31. The van der Waals surface area contributed by atoms with Gasteiger partial charge in [-0.2, -0.15) is 0 Å². The highest BCUT2D eigenvalue weighted by Crippen LogP contribution is 1.49. The molecule has 0 aromatic heterocycles. The van der Waals surface area contributed by atoms with E-state index in [-0.39, 0.29) is 0 Å². The molecule has 0 atom stereocenters. The summed E-state index contributed by atoms with van der Waals surface area (Å²) in [6, 6.07) is 0. The highest BCUT2D eigenvalue weighted by Gasteiger charge is 1.76. The van der Waals surface area contributed by atoms with Gasteiger partial charge in [0.15, 0.2) is 0 Å². The molecule has 0 saturated heterocycles. The van der Waals surface area contributed by atoms with Crippen LogP contribution in [0.3, 0.4) is 0 Å². The zero-order valence-corrected chi connectivity index (χ0v) is 11.5. The summed E-state index contributed by atoms with van der Waals surface area (Å²) in [6.45, 7) is 6.38. The number of nitrogens with one attached hydrogen (secondary N) is 1. The Morgan fingerprint density at radius 2 is 0.947 bits per heavy atom. The number of aliphatic carboxylic acids is 3. The molecule has 8 N–H and O–H groups in total. The average molecular weight is 283 g/mol. The van der Waals surface area contributed by atoms with Gasteiger partial charge in [0.1, 0.15) is 0 Å². The van der Waals surface area contributed by atoms with Crippen molar-refractivity contribution in [2.24, 2.45) is 11.5 Å². The topological polar surface area (TPSA) is 176 Å². The highest BCUT2D eigenvalue weighted by molar-refractivity contribution is 5.63. The van der Waals surface area contributed by atoms with Gasteiger partial charge in [0.05, 0.1) is 0 Å². The lowest BCUT2D eigenvalue weighted by atomic mass is 10.6. The van der Waals surface area contributed by atoms with Crippen molar-refractivity contribution < 1.29 is 29.7 Å². The molecule has 0 bridgehead atoms. The van der Waals surface area contributed by atoms with Crippen LogP contribution in [0.2, 0.25) is 0 Å². The molecule has 0 aromatic carbocycles. The predicted octanol–water partition coefficient (Wildman–Crippen LogP) is -1.23. The Morgan fingerprint density at radius 3 is 1.05 bits per heavy atom.